The van der Waals surface area contributed by atoms with E-state index in [0.29, 0.717) is 6.01 Å². The highest BCUT2D eigenvalue weighted by atomic mass is 16.4. The van der Waals surface area contributed by atoms with Crippen molar-refractivity contribution in [1.29, 1.82) is 0 Å². The standard InChI is InChI=1S/C14H20N4O/c1-2-7-15-8-11-9-19-14(17-11)18-10-16-12-5-3-4-6-13(12)18/h9-10,15H,2-8H2,1H3. The Balaban J connectivity index is 1.77. The second-order valence-electron chi connectivity index (χ2n) is 5.01. The highest BCUT2D eigenvalue weighted by Crippen LogP contribution is 2.22. The van der Waals surface area contributed by atoms with E-state index in [0.717, 1.165) is 38.0 Å². The molecule has 1 aliphatic rings. The Hall–Kier alpha value is -1.62. The van der Waals surface area contributed by atoms with Gasteiger partial charge in [0.25, 0.3) is 0 Å². The summed E-state index contributed by atoms with van der Waals surface area (Å²) in [5.41, 5.74) is 3.41. The summed E-state index contributed by atoms with van der Waals surface area (Å²) in [7, 11) is 0. The van der Waals surface area contributed by atoms with Gasteiger partial charge < -0.3 is 9.73 Å². The van der Waals surface area contributed by atoms with Crippen molar-refractivity contribution >= 4 is 0 Å². The van der Waals surface area contributed by atoms with E-state index in [4.69, 9.17) is 4.42 Å². The predicted octanol–water partition coefficient (Wildman–Crippen LogP) is 2.24. The third-order valence-corrected chi connectivity index (χ3v) is 3.51. The van der Waals surface area contributed by atoms with E-state index in [-0.39, 0.29) is 0 Å². The molecule has 0 atom stereocenters. The molecule has 0 unspecified atom stereocenters. The minimum absolute atomic E-state index is 0.643. The Morgan fingerprint density at radius 2 is 2.26 bits per heavy atom. The minimum atomic E-state index is 0.643. The number of rotatable bonds is 5. The lowest BCUT2D eigenvalue weighted by Gasteiger charge is -2.11. The third-order valence-electron chi connectivity index (χ3n) is 3.51. The molecule has 2 heterocycles. The van der Waals surface area contributed by atoms with Crippen molar-refractivity contribution in [3.8, 4) is 6.01 Å². The molecule has 19 heavy (non-hydrogen) atoms. The second-order valence-corrected chi connectivity index (χ2v) is 5.01. The molecule has 0 aromatic carbocycles. The van der Waals surface area contributed by atoms with Crippen LogP contribution >= 0.6 is 0 Å². The van der Waals surface area contributed by atoms with Crippen molar-refractivity contribution in [2.75, 3.05) is 6.54 Å². The van der Waals surface area contributed by atoms with Crippen LogP contribution in [0, 0.1) is 0 Å². The molecule has 0 amide bonds. The van der Waals surface area contributed by atoms with E-state index in [2.05, 4.69) is 22.2 Å². The molecule has 2 aromatic heterocycles. The van der Waals surface area contributed by atoms with Gasteiger partial charge in [-0.05, 0) is 38.6 Å². The van der Waals surface area contributed by atoms with Gasteiger partial charge in [0.05, 0.1) is 17.1 Å². The molecule has 102 valence electrons. The van der Waals surface area contributed by atoms with Gasteiger partial charge in [-0.15, -0.1) is 0 Å². The zero-order chi connectivity index (χ0) is 13.1. The first-order chi connectivity index (χ1) is 9.38. The number of aryl methyl sites for hydroxylation is 1. The number of aromatic nitrogens is 3. The number of hydrogen-bond donors (Lipinski definition) is 1. The molecule has 0 fully saturated rings. The maximum absolute atomic E-state index is 5.58. The van der Waals surface area contributed by atoms with Gasteiger partial charge in [-0.3, -0.25) is 4.57 Å². The van der Waals surface area contributed by atoms with Gasteiger partial charge in [-0.25, -0.2) is 4.98 Å². The lowest BCUT2D eigenvalue weighted by Crippen LogP contribution is -2.14. The number of fused-ring (bicyclic) bond motifs is 1. The van der Waals surface area contributed by atoms with E-state index >= 15 is 0 Å². The normalized spacial score (nSPS) is 14.6. The summed E-state index contributed by atoms with van der Waals surface area (Å²) in [6.45, 7) is 3.91. The summed E-state index contributed by atoms with van der Waals surface area (Å²) in [4.78, 5) is 8.99. The fourth-order valence-electron chi connectivity index (χ4n) is 2.52. The summed E-state index contributed by atoms with van der Waals surface area (Å²) in [6, 6.07) is 0.643. The Kier molecular flexibility index (Phi) is 3.64. The summed E-state index contributed by atoms with van der Waals surface area (Å²) >= 11 is 0. The van der Waals surface area contributed by atoms with Gasteiger partial charge in [0.1, 0.15) is 12.6 Å². The third kappa shape index (κ3) is 2.56. The first-order valence-corrected chi connectivity index (χ1v) is 7.09. The Morgan fingerprint density at radius 3 is 3.16 bits per heavy atom. The fraction of sp³-hybridized carbons (Fsp3) is 0.571. The van der Waals surface area contributed by atoms with Gasteiger partial charge in [-0.1, -0.05) is 6.92 Å². The van der Waals surface area contributed by atoms with Crippen LogP contribution in [0.4, 0.5) is 0 Å². The quantitative estimate of drug-likeness (QED) is 0.838. The van der Waals surface area contributed by atoms with Crippen LogP contribution < -0.4 is 5.32 Å². The predicted molar refractivity (Wildman–Crippen MR) is 72.3 cm³/mol. The molecule has 0 saturated heterocycles. The average molecular weight is 260 g/mol. The number of hydrogen-bond acceptors (Lipinski definition) is 4. The van der Waals surface area contributed by atoms with Gasteiger partial charge in [-0.2, -0.15) is 4.98 Å². The van der Waals surface area contributed by atoms with Crippen LogP contribution in [0.2, 0.25) is 0 Å². The molecule has 5 heteroatoms. The SMILES string of the molecule is CCCNCc1coc(-n2cnc3c2CCCC3)n1. The molecule has 0 aliphatic heterocycles. The van der Waals surface area contributed by atoms with Crippen LogP contribution in [-0.2, 0) is 19.4 Å². The number of oxazole rings is 1. The first kappa shape index (κ1) is 12.4. The van der Waals surface area contributed by atoms with Crippen molar-refractivity contribution in [2.24, 2.45) is 0 Å². The smallest absolute Gasteiger partial charge is 0.307 e. The molecular weight excluding hydrogens is 240 g/mol. The molecule has 5 nitrogen and oxygen atoms in total. The number of nitrogens with zero attached hydrogens (tertiary/aromatic N) is 3. The average Bonchev–Trinajstić information content (AvgIpc) is 3.05. The van der Waals surface area contributed by atoms with Crippen LogP contribution in [0.5, 0.6) is 0 Å². The highest BCUT2D eigenvalue weighted by molar-refractivity contribution is 5.24. The van der Waals surface area contributed by atoms with Crippen LogP contribution in [0.15, 0.2) is 17.0 Å². The van der Waals surface area contributed by atoms with Gasteiger partial charge in [0.15, 0.2) is 0 Å². The Morgan fingerprint density at radius 1 is 1.37 bits per heavy atom. The summed E-state index contributed by atoms with van der Waals surface area (Å²) in [6.07, 6.45) is 9.30. The van der Waals surface area contributed by atoms with Gasteiger partial charge in [0.2, 0.25) is 0 Å². The first-order valence-electron chi connectivity index (χ1n) is 7.09. The monoisotopic (exact) mass is 260 g/mol. The molecule has 1 aliphatic carbocycles. The van der Waals surface area contributed by atoms with Gasteiger partial charge >= 0.3 is 6.01 Å². The van der Waals surface area contributed by atoms with Crippen molar-refractivity contribution in [3.05, 3.63) is 29.7 Å². The lowest BCUT2D eigenvalue weighted by atomic mass is 10.0. The fourth-order valence-corrected chi connectivity index (χ4v) is 2.52. The summed E-state index contributed by atoms with van der Waals surface area (Å²) in [5.74, 6) is 0. The van der Waals surface area contributed by atoms with E-state index in [1.165, 1.54) is 24.2 Å². The molecule has 3 rings (SSSR count). The largest absolute Gasteiger partial charge is 0.431 e. The minimum Gasteiger partial charge on any atom is -0.431 e. The van der Waals surface area contributed by atoms with Crippen LogP contribution in [-0.4, -0.2) is 21.1 Å². The number of imidazole rings is 1. The zero-order valence-corrected chi connectivity index (χ0v) is 11.4. The zero-order valence-electron chi connectivity index (χ0n) is 11.4. The van der Waals surface area contributed by atoms with Crippen molar-refractivity contribution in [2.45, 2.75) is 45.6 Å². The second kappa shape index (κ2) is 5.57. The van der Waals surface area contributed by atoms with Crippen LogP contribution in [0.3, 0.4) is 0 Å². The maximum atomic E-state index is 5.58. The van der Waals surface area contributed by atoms with Crippen molar-refractivity contribution < 1.29 is 4.42 Å². The summed E-state index contributed by atoms with van der Waals surface area (Å²) in [5, 5.41) is 3.32. The molecular formula is C14H20N4O. The molecule has 0 radical (unpaired) electrons. The topological polar surface area (TPSA) is 55.9 Å². The Bertz CT molecular complexity index is 543. The molecule has 2 aromatic rings. The summed E-state index contributed by atoms with van der Waals surface area (Å²) < 4.78 is 7.58. The highest BCUT2D eigenvalue weighted by Gasteiger charge is 2.18. The van der Waals surface area contributed by atoms with Crippen molar-refractivity contribution in [3.63, 3.8) is 0 Å². The van der Waals surface area contributed by atoms with E-state index < -0.39 is 0 Å². The molecule has 1 N–H and O–H groups in total. The van der Waals surface area contributed by atoms with Crippen molar-refractivity contribution in [1.82, 2.24) is 19.9 Å². The van der Waals surface area contributed by atoms with Crippen LogP contribution in [0.25, 0.3) is 6.01 Å². The maximum Gasteiger partial charge on any atom is 0.307 e. The Labute approximate surface area is 113 Å². The lowest BCUT2D eigenvalue weighted by molar-refractivity contribution is 0.515. The van der Waals surface area contributed by atoms with E-state index in [9.17, 15) is 0 Å². The molecule has 0 saturated carbocycles. The molecule has 0 spiro atoms. The van der Waals surface area contributed by atoms with E-state index in [1.807, 2.05) is 10.9 Å². The molecule has 0 bridgehead atoms. The van der Waals surface area contributed by atoms with E-state index in [1.54, 1.807) is 6.26 Å². The van der Waals surface area contributed by atoms with Gasteiger partial charge in [0, 0.05) is 6.54 Å². The van der Waals surface area contributed by atoms with Crippen LogP contribution in [0.1, 0.15) is 43.3 Å². The number of nitrogens with one attached hydrogen (secondary N) is 1.